The van der Waals surface area contributed by atoms with Gasteiger partial charge >= 0.3 is 0 Å². The van der Waals surface area contributed by atoms with E-state index in [4.69, 9.17) is 5.73 Å². The monoisotopic (exact) mass is 210 g/mol. The lowest BCUT2D eigenvalue weighted by atomic mass is 9.77. The predicted octanol–water partition coefficient (Wildman–Crippen LogP) is 1.31. The van der Waals surface area contributed by atoms with E-state index in [1.54, 1.807) is 12.1 Å². The van der Waals surface area contributed by atoms with E-state index < -0.39 is 11.5 Å². The molecule has 3 nitrogen and oxygen atoms in total. The molecule has 1 aliphatic carbocycles. The maximum Gasteiger partial charge on any atom is 0.217 e. The van der Waals surface area contributed by atoms with Crippen molar-refractivity contribution < 1.29 is 9.50 Å². The summed E-state index contributed by atoms with van der Waals surface area (Å²) >= 11 is 0. The zero-order valence-electron chi connectivity index (χ0n) is 8.49. The van der Waals surface area contributed by atoms with Crippen molar-refractivity contribution in [3.8, 4) is 0 Å². The summed E-state index contributed by atoms with van der Waals surface area (Å²) in [4.78, 5) is 3.61. The topological polar surface area (TPSA) is 59.1 Å². The van der Waals surface area contributed by atoms with Crippen LogP contribution in [0.4, 0.5) is 4.39 Å². The first-order valence-corrected chi connectivity index (χ1v) is 5.20. The van der Waals surface area contributed by atoms with Gasteiger partial charge in [-0.15, -0.1) is 0 Å². The molecule has 0 aliphatic heterocycles. The van der Waals surface area contributed by atoms with E-state index >= 15 is 0 Å². The first-order valence-electron chi connectivity index (χ1n) is 5.20. The third-order valence-corrected chi connectivity index (χ3v) is 3.14. The minimum atomic E-state index is -0.655. The van der Waals surface area contributed by atoms with Gasteiger partial charge in [-0.3, -0.25) is 0 Å². The molecule has 15 heavy (non-hydrogen) atoms. The van der Waals surface area contributed by atoms with Gasteiger partial charge in [-0.2, -0.15) is 4.39 Å². The van der Waals surface area contributed by atoms with Crippen LogP contribution in [0.25, 0.3) is 0 Å². The van der Waals surface area contributed by atoms with Gasteiger partial charge in [0.1, 0.15) is 0 Å². The molecule has 1 aliphatic rings. The molecule has 0 radical (unpaired) electrons. The van der Waals surface area contributed by atoms with Crippen LogP contribution in [0.3, 0.4) is 0 Å². The van der Waals surface area contributed by atoms with Gasteiger partial charge in [-0.25, -0.2) is 4.98 Å². The van der Waals surface area contributed by atoms with E-state index in [0.29, 0.717) is 31.2 Å². The van der Waals surface area contributed by atoms with Crippen LogP contribution in [-0.2, 0) is 5.54 Å². The van der Waals surface area contributed by atoms with Crippen molar-refractivity contribution in [2.75, 3.05) is 0 Å². The number of aromatic nitrogens is 1. The quantitative estimate of drug-likeness (QED) is 0.687. The molecule has 2 rings (SSSR count). The van der Waals surface area contributed by atoms with Gasteiger partial charge in [0.25, 0.3) is 0 Å². The summed E-state index contributed by atoms with van der Waals surface area (Å²) in [5, 5.41) is 9.39. The Hall–Kier alpha value is -1.00. The highest BCUT2D eigenvalue weighted by Crippen LogP contribution is 2.35. The zero-order valence-corrected chi connectivity index (χ0v) is 8.49. The Labute approximate surface area is 88.1 Å². The maximum absolute atomic E-state index is 13.5. The normalized spacial score (nSPS) is 31.5. The number of nitrogens with zero attached hydrogens (tertiary/aromatic N) is 1. The number of nitrogens with two attached hydrogens (primary N) is 1. The molecular formula is C11H15FN2O. The minimum Gasteiger partial charge on any atom is -0.393 e. The Morgan fingerprint density at radius 3 is 2.73 bits per heavy atom. The second kappa shape index (κ2) is 3.87. The van der Waals surface area contributed by atoms with E-state index in [0.717, 1.165) is 0 Å². The van der Waals surface area contributed by atoms with Gasteiger partial charge in [0.05, 0.1) is 6.10 Å². The van der Waals surface area contributed by atoms with E-state index in [2.05, 4.69) is 4.98 Å². The summed E-state index contributed by atoms with van der Waals surface area (Å²) < 4.78 is 13.5. The van der Waals surface area contributed by atoms with Crippen LogP contribution in [-0.4, -0.2) is 16.2 Å². The second-order valence-corrected chi connectivity index (χ2v) is 4.23. The van der Waals surface area contributed by atoms with Gasteiger partial charge in [-0.05, 0) is 31.7 Å². The van der Waals surface area contributed by atoms with Crippen molar-refractivity contribution >= 4 is 0 Å². The highest BCUT2D eigenvalue weighted by molar-refractivity contribution is 5.22. The van der Waals surface area contributed by atoms with Crippen LogP contribution in [0.1, 0.15) is 31.2 Å². The minimum absolute atomic E-state index is 0.290. The number of pyridine rings is 1. The predicted molar refractivity (Wildman–Crippen MR) is 54.5 cm³/mol. The van der Waals surface area contributed by atoms with Crippen LogP contribution in [0, 0.1) is 5.95 Å². The van der Waals surface area contributed by atoms with Crippen LogP contribution in [0.5, 0.6) is 0 Å². The number of hydrogen-bond donors (Lipinski definition) is 2. The fourth-order valence-electron chi connectivity index (χ4n) is 2.14. The average Bonchev–Trinajstić information content (AvgIpc) is 2.23. The number of halogens is 1. The standard InChI is InChI=1S/C11H15FN2O/c12-10-9(2-1-7-14-10)11(13)5-3-8(15)4-6-11/h1-2,7-8,15H,3-6,13H2. The molecule has 0 atom stereocenters. The maximum atomic E-state index is 13.5. The summed E-state index contributed by atoms with van der Waals surface area (Å²) in [5.74, 6) is -0.489. The van der Waals surface area contributed by atoms with Crippen molar-refractivity contribution in [2.45, 2.75) is 37.3 Å². The van der Waals surface area contributed by atoms with Crippen LogP contribution < -0.4 is 5.73 Å². The van der Waals surface area contributed by atoms with E-state index in [-0.39, 0.29) is 6.10 Å². The summed E-state index contributed by atoms with van der Waals surface area (Å²) in [6, 6.07) is 3.37. The molecule has 0 aromatic carbocycles. The van der Waals surface area contributed by atoms with Gasteiger partial charge in [0, 0.05) is 17.3 Å². The lowest BCUT2D eigenvalue weighted by Gasteiger charge is -2.35. The van der Waals surface area contributed by atoms with Crippen molar-refractivity contribution in [3.05, 3.63) is 29.8 Å². The number of rotatable bonds is 1. The molecule has 1 fully saturated rings. The van der Waals surface area contributed by atoms with Crippen LogP contribution in [0.2, 0.25) is 0 Å². The Morgan fingerprint density at radius 1 is 1.47 bits per heavy atom. The molecule has 82 valence electrons. The van der Waals surface area contributed by atoms with E-state index in [9.17, 15) is 9.50 Å². The molecular weight excluding hydrogens is 195 g/mol. The Bertz CT molecular complexity index is 348. The molecule has 1 heterocycles. The molecule has 0 bridgehead atoms. The number of aliphatic hydroxyl groups excluding tert-OH is 1. The second-order valence-electron chi connectivity index (χ2n) is 4.23. The number of hydrogen-bond acceptors (Lipinski definition) is 3. The highest BCUT2D eigenvalue weighted by Gasteiger charge is 2.34. The molecule has 0 spiro atoms. The summed E-state index contributed by atoms with van der Waals surface area (Å²) in [5.41, 5.74) is 5.97. The van der Waals surface area contributed by atoms with Crippen LogP contribution >= 0.6 is 0 Å². The van der Waals surface area contributed by atoms with E-state index in [1.165, 1.54) is 6.20 Å². The Morgan fingerprint density at radius 2 is 2.13 bits per heavy atom. The molecule has 3 N–H and O–H groups in total. The largest absolute Gasteiger partial charge is 0.393 e. The molecule has 4 heteroatoms. The summed E-state index contributed by atoms with van der Waals surface area (Å²) in [6.45, 7) is 0. The Kier molecular flexibility index (Phi) is 2.71. The van der Waals surface area contributed by atoms with Crippen molar-refractivity contribution in [1.82, 2.24) is 4.98 Å². The fraction of sp³-hybridized carbons (Fsp3) is 0.545. The average molecular weight is 210 g/mol. The molecule has 0 saturated heterocycles. The highest BCUT2D eigenvalue weighted by atomic mass is 19.1. The third-order valence-electron chi connectivity index (χ3n) is 3.14. The van der Waals surface area contributed by atoms with Gasteiger partial charge in [0.15, 0.2) is 0 Å². The van der Waals surface area contributed by atoms with Crippen molar-refractivity contribution in [2.24, 2.45) is 5.73 Å². The molecule has 1 aromatic rings. The van der Waals surface area contributed by atoms with Gasteiger partial charge < -0.3 is 10.8 Å². The SMILES string of the molecule is NC1(c2cccnc2F)CCC(O)CC1. The van der Waals surface area contributed by atoms with Gasteiger partial charge in [-0.1, -0.05) is 6.07 Å². The lowest BCUT2D eigenvalue weighted by molar-refractivity contribution is 0.0954. The summed E-state index contributed by atoms with van der Waals surface area (Å²) in [7, 11) is 0. The smallest absolute Gasteiger partial charge is 0.217 e. The summed E-state index contributed by atoms with van der Waals surface area (Å²) in [6.07, 6.45) is 3.60. The molecule has 0 unspecified atom stereocenters. The molecule has 1 aromatic heterocycles. The Balaban J connectivity index is 2.26. The fourth-order valence-corrected chi connectivity index (χ4v) is 2.14. The molecule has 1 saturated carbocycles. The van der Waals surface area contributed by atoms with Crippen LogP contribution in [0.15, 0.2) is 18.3 Å². The molecule has 0 amide bonds. The zero-order chi connectivity index (χ0) is 10.9. The van der Waals surface area contributed by atoms with E-state index in [1.807, 2.05) is 0 Å². The third kappa shape index (κ3) is 2.01. The lowest BCUT2D eigenvalue weighted by Crippen LogP contribution is -2.42. The van der Waals surface area contributed by atoms with Crippen molar-refractivity contribution in [1.29, 1.82) is 0 Å². The number of aliphatic hydroxyl groups is 1. The van der Waals surface area contributed by atoms with Crippen molar-refractivity contribution in [3.63, 3.8) is 0 Å². The first-order chi connectivity index (χ1) is 7.12. The first kappa shape index (κ1) is 10.5. The van der Waals surface area contributed by atoms with Gasteiger partial charge in [0.2, 0.25) is 5.95 Å².